The van der Waals surface area contributed by atoms with E-state index in [1.54, 1.807) is 13.8 Å². The fourth-order valence-corrected chi connectivity index (χ4v) is 3.24. The van der Waals surface area contributed by atoms with E-state index >= 15 is 0 Å². The van der Waals surface area contributed by atoms with Gasteiger partial charge in [-0.3, -0.25) is 5.32 Å². The van der Waals surface area contributed by atoms with Gasteiger partial charge in [-0.15, -0.1) is 11.3 Å². The monoisotopic (exact) mass is 297 g/mol. The van der Waals surface area contributed by atoms with E-state index in [0.717, 1.165) is 31.4 Å². The number of amides is 2. The lowest BCUT2D eigenvalue weighted by Crippen LogP contribution is -2.46. The van der Waals surface area contributed by atoms with E-state index in [1.165, 1.54) is 16.2 Å². The van der Waals surface area contributed by atoms with Crippen LogP contribution in [0.15, 0.2) is 0 Å². The predicted octanol–water partition coefficient (Wildman–Crippen LogP) is 2.25. The molecule has 2 rings (SSSR count). The zero-order chi connectivity index (χ0) is 14.7. The molecule has 0 bridgehead atoms. The van der Waals surface area contributed by atoms with Crippen molar-refractivity contribution in [2.75, 3.05) is 5.32 Å². The van der Waals surface area contributed by atoms with E-state index in [1.807, 2.05) is 0 Å². The van der Waals surface area contributed by atoms with Crippen molar-refractivity contribution in [2.45, 2.75) is 45.6 Å². The molecule has 1 atom stereocenters. The molecule has 20 heavy (non-hydrogen) atoms. The number of urea groups is 1. The second kappa shape index (κ2) is 6.21. The quantitative estimate of drug-likeness (QED) is 0.795. The maximum absolute atomic E-state index is 11.8. The van der Waals surface area contributed by atoms with Crippen molar-refractivity contribution < 1.29 is 14.7 Å². The second-order valence-electron chi connectivity index (χ2n) is 5.25. The molecule has 1 aliphatic carbocycles. The Morgan fingerprint density at radius 1 is 1.30 bits per heavy atom. The molecule has 0 unspecified atom stereocenters. The third kappa shape index (κ3) is 3.47. The smallest absolute Gasteiger partial charge is 0.326 e. The van der Waals surface area contributed by atoms with E-state index in [-0.39, 0.29) is 5.92 Å². The number of carbonyl (C=O) groups excluding carboxylic acids is 1. The van der Waals surface area contributed by atoms with Crippen LogP contribution in [0.3, 0.4) is 0 Å². The lowest BCUT2D eigenvalue weighted by molar-refractivity contribution is -0.140. The number of carboxylic acid groups (broad SMARTS) is 1. The zero-order valence-corrected chi connectivity index (χ0v) is 12.4. The van der Waals surface area contributed by atoms with Gasteiger partial charge in [-0.25, -0.2) is 14.6 Å². The van der Waals surface area contributed by atoms with Crippen molar-refractivity contribution in [3.63, 3.8) is 0 Å². The number of rotatable bonds is 4. The highest BCUT2D eigenvalue weighted by Gasteiger charge is 2.24. The summed E-state index contributed by atoms with van der Waals surface area (Å²) in [4.78, 5) is 28.5. The number of nitrogens with one attached hydrogen (secondary N) is 2. The summed E-state index contributed by atoms with van der Waals surface area (Å²) in [5, 5.41) is 14.7. The molecule has 0 spiro atoms. The molecule has 1 aliphatic rings. The molecule has 110 valence electrons. The summed E-state index contributed by atoms with van der Waals surface area (Å²) >= 11 is 1.48. The van der Waals surface area contributed by atoms with Crippen molar-refractivity contribution in [1.29, 1.82) is 0 Å². The summed E-state index contributed by atoms with van der Waals surface area (Å²) in [6.07, 6.45) is 4.27. The molecule has 6 nitrogen and oxygen atoms in total. The number of hydrogen-bond donors (Lipinski definition) is 3. The number of aliphatic carboxylic acids is 1. The Labute approximate surface area is 121 Å². The highest BCUT2D eigenvalue weighted by molar-refractivity contribution is 7.15. The third-order valence-corrected chi connectivity index (χ3v) is 4.36. The molecule has 3 N–H and O–H groups in total. The van der Waals surface area contributed by atoms with E-state index in [2.05, 4.69) is 15.6 Å². The van der Waals surface area contributed by atoms with Gasteiger partial charge in [-0.05, 0) is 31.6 Å². The second-order valence-corrected chi connectivity index (χ2v) is 6.34. The predicted molar refractivity (Wildman–Crippen MR) is 77.2 cm³/mol. The van der Waals surface area contributed by atoms with Crippen molar-refractivity contribution in [3.05, 3.63) is 10.6 Å². The van der Waals surface area contributed by atoms with Crippen LogP contribution >= 0.6 is 11.3 Å². The first kappa shape index (κ1) is 14.8. The minimum Gasteiger partial charge on any atom is -0.480 e. The van der Waals surface area contributed by atoms with E-state index in [9.17, 15) is 9.59 Å². The topological polar surface area (TPSA) is 91.3 Å². The lowest BCUT2D eigenvalue weighted by atomic mass is 10.0. The number of thiazole rings is 1. The van der Waals surface area contributed by atoms with Crippen molar-refractivity contribution in [1.82, 2.24) is 10.3 Å². The number of fused-ring (bicyclic) bond motifs is 1. The number of carbonyl (C=O) groups is 2. The Morgan fingerprint density at radius 3 is 2.60 bits per heavy atom. The normalized spacial score (nSPS) is 15.6. The highest BCUT2D eigenvalue weighted by Crippen LogP contribution is 2.29. The van der Waals surface area contributed by atoms with Gasteiger partial charge >= 0.3 is 12.0 Å². The number of aryl methyl sites for hydroxylation is 2. The van der Waals surface area contributed by atoms with Crippen LogP contribution in [0.5, 0.6) is 0 Å². The molecule has 0 saturated heterocycles. The van der Waals surface area contributed by atoms with Gasteiger partial charge in [-0.2, -0.15) is 0 Å². The molecule has 1 aromatic rings. The summed E-state index contributed by atoms with van der Waals surface area (Å²) in [5.74, 6) is -1.21. The van der Waals surface area contributed by atoms with E-state index in [0.29, 0.717) is 5.13 Å². The minimum atomic E-state index is -1.03. The van der Waals surface area contributed by atoms with Crippen LogP contribution < -0.4 is 10.6 Å². The summed E-state index contributed by atoms with van der Waals surface area (Å²) in [5.41, 5.74) is 1.06. The first-order valence-corrected chi connectivity index (χ1v) is 7.58. The highest BCUT2D eigenvalue weighted by atomic mass is 32.1. The molecular formula is C13H19N3O3S. The van der Waals surface area contributed by atoms with Gasteiger partial charge in [0.2, 0.25) is 0 Å². The van der Waals surface area contributed by atoms with Gasteiger partial charge in [0.25, 0.3) is 0 Å². The van der Waals surface area contributed by atoms with Crippen LogP contribution in [0.4, 0.5) is 9.93 Å². The third-order valence-electron chi connectivity index (χ3n) is 3.29. The largest absolute Gasteiger partial charge is 0.480 e. The Balaban J connectivity index is 1.97. The first-order chi connectivity index (χ1) is 9.47. The summed E-state index contributed by atoms with van der Waals surface area (Å²) in [6, 6.07) is -1.42. The standard InChI is InChI=1S/C13H19N3O3S/c1-7(2)10(11(17)18)15-12(19)16-13-14-8-5-3-4-6-9(8)20-13/h7,10H,3-6H2,1-2H3,(H,17,18)(H2,14,15,16,19)/t10-/m1/s1. The van der Waals surface area contributed by atoms with Crippen molar-refractivity contribution in [3.8, 4) is 0 Å². The van der Waals surface area contributed by atoms with Crippen molar-refractivity contribution in [2.24, 2.45) is 5.92 Å². The number of aromatic nitrogens is 1. The summed E-state index contributed by atoms with van der Waals surface area (Å²) < 4.78 is 0. The first-order valence-electron chi connectivity index (χ1n) is 6.76. The molecule has 0 saturated carbocycles. The lowest BCUT2D eigenvalue weighted by Gasteiger charge is -2.17. The van der Waals surface area contributed by atoms with E-state index in [4.69, 9.17) is 5.11 Å². The maximum Gasteiger partial charge on any atom is 0.326 e. The number of carboxylic acids is 1. The van der Waals surface area contributed by atoms with Gasteiger partial charge in [0.05, 0.1) is 5.69 Å². The van der Waals surface area contributed by atoms with Crippen LogP contribution in [-0.2, 0) is 17.6 Å². The van der Waals surface area contributed by atoms with Crippen LogP contribution in [0.2, 0.25) is 0 Å². The zero-order valence-electron chi connectivity index (χ0n) is 11.6. The van der Waals surface area contributed by atoms with Crippen LogP contribution in [0, 0.1) is 5.92 Å². The van der Waals surface area contributed by atoms with Gasteiger partial charge in [0, 0.05) is 4.88 Å². The Morgan fingerprint density at radius 2 is 2.00 bits per heavy atom. The SMILES string of the molecule is CC(C)[C@@H](NC(=O)Nc1nc2c(s1)CCCC2)C(=O)O. The Bertz CT molecular complexity index is 489. The molecule has 1 aromatic heterocycles. The Kier molecular flexibility index (Phi) is 4.59. The van der Waals surface area contributed by atoms with Crippen LogP contribution in [-0.4, -0.2) is 28.1 Å². The molecule has 0 radical (unpaired) electrons. The number of anilines is 1. The minimum absolute atomic E-state index is 0.178. The number of nitrogens with zero attached hydrogens (tertiary/aromatic N) is 1. The molecule has 2 amide bonds. The fraction of sp³-hybridized carbons (Fsp3) is 0.615. The van der Waals surface area contributed by atoms with E-state index < -0.39 is 18.0 Å². The van der Waals surface area contributed by atoms with Gasteiger partial charge in [0.15, 0.2) is 5.13 Å². The van der Waals surface area contributed by atoms with Gasteiger partial charge in [0.1, 0.15) is 6.04 Å². The maximum atomic E-state index is 11.8. The summed E-state index contributed by atoms with van der Waals surface area (Å²) in [7, 11) is 0. The van der Waals surface area contributed by atoms with Gasteiger partial charge in [-0.1, -0.05) is 13.8 Å². The average Bonchev–Trinajstić information content (AvgIpc) is 2.77. The molecule has 0 aromatic carbocycles. The summed E-state index contributed by atoms with van der Waals surface area (Å²) in [6.45, 7) is 3.50. The molecule has 0 fully saturated rings. The van der Waals surface area contributed by atoms with Crippen LogP contribution in [0.1, 0.15) is 37.3 Å². The Hall–Kier alpha value is -1.63. The fourth-order valence-electron chi connectivity index (χ4n) is 2.19. The van der Waals surface area contributed by atoms with Crippen molar-refractivity contribution >= 4 is 28.5 Å². The number of hydrogen-bond acceptors (Lipinski definition) is 4. The molecule has 1 heterocycles. The van der Waals surface area contributed by atoms with Crippen LogP contribution in [0.25, 0.3) is 0 Å². The van der Waals surface area contributed by atoms with Gasteiger partial charge < -0.3 is 10.4 Å². The molecule has 0 aliphatic heterocycles. The average molecular weight is 297 g/mol. The molecular weight excluding hydrogens is 278 g/mol. The molecule has 7 heteroatoms.